The molecule has 0 bridgehead atoms. The summed E-state index contributed by atoms with van der Waals surface area (Å²) in [6, 6.07) is 19.3. The molecule has 0 radical (unpaired) electrons. The van der Waals surface area contributed by atoms with E-state index in [-0.39, 0.29) is 66.6 Å². The van der Waals surface area contributed by atoms with Gasteiger partial charge in [0.15, 0.2) is 0 Å². The molecule has 5 amide bonds. The Balaban J connectivity index is 0.000000391. The summed E-state index contributed by atoms with van der Waals surface area (Å²) in [4.78, 5) is 89.9. The third-order valence-electron chi connectivity index (χ3n) is 14.1. The summed E-state index contributed by atoms with van der Waals surface area (Å²) < 4.78 is 18.1. The van der Waals surface area contributed by atoms with Crippen LogP contribution in [0.15, 0.2) is 73.3 Å². The largest absolute Gasteiger partial charge is 0.466 e. The molecule has 3 aliphatic rings. The maximum atomic E-state index is 12.2. The number of nitrogens with zero attached hydrogens (tertiary/aromatic N) is 2. The average Bonchev–Trinajstić information content (AvgIpc) is 4.04. The topological polar surface area (TPSA) is 200 Å². The van der Waals surface area contributed by atoms with Crippen LogP contribution in [0.25, 0.3) is 4.85 Å². The standard InChI is InChI=1S/C33H59N3O5S4.C18H21NO2S2.C14H13NO4S2/c1-4-5-6-7-8-9-10-11-12-15-24-43-32(42)45-33(2,3)19-18-29(38)41-23-22-40-21-20-34-28(37)17-14-13-16-27-30-26(25-44-27)35-31(39)36-30;1-4-5-9-14-21-16(20)12-13-18(2,19-3)23-17(22)15-10-7-6-8-11-15;1-9(21-14(20)10-5-3-2-4-6-10)13(18)19-15-11(16)7-8-12(15)17/h26-27,30H,4-25H2,1-3H3,(H,34,37)(H2,35,36,39);4,6-8,10-11H,1,5,9,12-14H2,2H3;2-6,9H,7-8H2,1H3. The van der Waals surface area contributed by atoms with Gasteiger partial charge in [-0.3, -0.25) is 28.8 Å². The fourth-order valence-corrected chi connectivity index (χ4v) is 16.6. The van der Waals surface area contributed by atoms with Gasteiger partial charge >= 0.3 is 23.9 Å². The number of imide groups is 1. The molecule has 0 aromatic heterocycles. The fraction of sp³-hybridized carbons (Fsp3) is 0.615. The highest BCUT2D eigenvalue weighted by Gasteiger charge is 2.42. The Morgan fingerprint density at radius 1 is 0.764 bits per heavy atom. The van der Waals surface area contributed by atoms with Crippen molar-refractivity contribution in [3.05, 3.63) is 95.9 Å². The number of benzene rings is 2. The molecule has 3 aliphatic heterocycles. The number of unbranched alkanes of at least 4 members (excludes halogenated alkanes) is 11. The highest BCUT2D eigenvalue weighted by Crippen LogP contribution is 2.37. The minimum Gasteiger partial charge on any atom is -0.466 e. The van der Waals surface area contributed by atoms with Gasteiger partial charge in [-0.25, -0.2) is 16.2 Å². The summed E-state index contributed by atoms with van der Waals surface area (Å²) in [6.07, 6.45) is 22.0. The SMILES string of the molecule is CC(SC(=S)c1ccccc1)C(=O)ON1C(=O)CCC1=O.CCCCCCCCCCCCSC(=S)SC(C)(C)CCC(=O)OCCOCCNC(=O)CCCCC1SCC2NC(=O)NC21.[C-]#[N+]C(C)(CCC(=O)OCCCC=C)SC(=S)c1ccccc1. The van der Waals surface area contributed by atoms with E-state index in [1.807, 2.05) is 79.3 Å². The number of hydrogen-bond donors (Lipinski definition) is 3. The Morgan fingerprint density at radius 2 is 1.36 bits per heavy atom. The maximum absolute atomic E-state index is 12.2. The third kappa shape index (κ3) is 35.0. The molecule has 3 saturated heterocycles. The number of carbonyl (C=O) groups excluding carboxylic acids is 7. The lowest BCUT2D eigenvalue weighted by atomic mass is 10.0. The van der Waals surface area contributed by atoms with Gasteiger partial charge in [-0.2, -0.15) is 11.8 Å². The van der Waals surface area contributed by atoms with Crippen LogP contribution in [0.1, 0.15) is 187 Å². The second-order valence-corrected chi connectivity index (χ2v) is 31.7. The second kappa shape index (κ2) is 46.1. The first-order valence-corrected chi connectivity index (χ1v) is 36.8. The van der Waals surface area contributed by atoms with E-state index in [2.05, 4.69) is 48.1 Å². The van der Waals surface area contributed by atoms with Gasteiger partial charge in [-0.1, -0.05) is 200 Å². The number of carbonyl (C=O) groups is 7. The summed E-state index contributed by atoms with van der Waals surface area (Å²) >= 11 is 24.1. The number of rotatable bonds is 39. The summed E-state index contributed by atoms with van der Waals surface area (Å²) in [5, 5.41) is 9.21. The predicted molar refractivity (Wildman–Crippen MR) is 379 cm³/mol. The van der Waals surface area contributed by atoms with Crippen LogP contribution in [-0.2, 0) is 47.8 Å². The van der Waals surface area contributed by atoms with Gasteiger partial charge in [0.2, 0.25) is 5.91 Å². The zero-order chi connectivity index (χ0) is 65.3. The second-order valence-electron chi connectivity index (χ2n) is 22.3. The average molecular weight is 1380 g/mol. The molecule has 5 rings (SSSR count). The lowest BCUT2D eigenvalue weighted by Gasteiger charge is -2.23. The number of urea groups is 1. The van der Waals surface area contributed by atoms with Gasteiger partial charge in [-0.15, -0.1) is 35.2 Å². The molecule has 89 heavy (non-hydrogen) atoms. The zero-order valence-corrected chi connectivity index (χ0v) is 59.1. The number of allylic oxidation sites excluding steroid dienone is 1. The normalized spacial score (nSPS) is 16.7. The molecule has 3 N–H and O–H groups in total. The molecule has 24 heteroatoms. The molecule has 0 spiro atoms. The molecule has 5 atom stereocenters. The fourth-order valence-electron chi connectivity index (χ4n) is 8.92. The summed E-state index contributed by atoms with van der Waals surface area (Å²) in [5.41, 5.74) is 1.76. The first-order chi connectivity index (χ1) is 42.7. The molecule has 2 aromatic rings. The highest BCUT2D eigenvalue weighted by molar-refractivity contribution is 8.47. The van der Waals surface area contributed by atoms with E-state index < -0.39 is 27.9 Å². The van der Waals surface area contributed by atoms with Crippen molar-refractivity contribution in [2.75, 3.05) is 44.5 Å². The van der Waals surface area contributed by atoms with E-state index in [0.29, 0.717) is 70.8 Å². The predicted octanol–water partition coefficient (Wildman–Crippen LogP) is 14.7. The summed E-state index contributed by atoms with van der Waals surface area (Å²) in [6.45, 7) is 22.8. The Labute approximate surface area is 566 Å². The summed E-state index contributed by atoms with van der Waals surface area (Å²) in [7, 11) is 0. The quantitative estimate of drug-likeness (QED) is 0.0108. The van der Waals surface area contributed by atoms with Crippen LogP contribution < -0.4 is 16.0 Å². The lowest BCUT2D eigenvalue weighted by molar-refractivity contribution is -0.196. The Bertz CT molecular complexity index is 2580. The van der Waals surface area contributed by atoms with E-state index in [4.69, 9.17) is 62.3 Å². The van der Waals surface area contributed by atoms with Gasteiger partial charge in [-0.05, 0) is 74.1 Å². The monoisotopic (exact) mass is 1380 g/mol. The minimum absolute atomic E-state index is 0.0231. The molecular formula is C65H93N5O11S8. The van der Waals surface area contributed by atoms with E-state index in [9.17, 15) is 33.6 Å². The number of thioether (sulfide) groups is 5. The summed E-state index contributed by atoms with van der Waals surface area (Å²) in [5.74, 6) is -0.0768. The number of nitrogens with one attached hydrogen (secondary N) is 3. The number of ether oxygens (including phenoxy) is 3. The van der Waals surface area contributed by atoms with Crippen molar-refractivity contribution in [1.82, 2.24) is 21.0 Å². The van der Waals surface area contributed by atoms with Crippen LogP contribution in [0.5, 0.6) is 0 Å². The van der Waals surface area contributed by atoms with Crippen molar-refractivity contribution in [2.24, 2.45) is 0 Å². The molecule has 0 saturated carbocycles. The van der Waals surface area contributed by atoms with Crippen molar-refractivity contribution < 1.29 is 52.6 Å². The zero-order valence-electron chi connectivity index (χ0n) is 52.5. The number of fused-ring (bicyclic) bond motifs is 1. The van der Waals surface area contributed by atoms with E-state index in [1.54, 1.807) is 36.5 Å². The smallest absolute Gasteiger partial charge is 0.346 e. The first kappa shape index (κ1) is 79.2. The van der Waals surface area contributed by atoms with Gasteiger partial charge in [0.05, 0.1) is 46.7 Å². The first-order valence-electron chi connectivity index (χ1n) is 31.0. The van der Waals surface area contributed by atoms with Crippen LogP contribution in [0.4, 0.5) is 4.79 Å². The van der Waals surface area contributed by atoms with E-state index in [1.165, 1.54) is 76.0 Å². The van der Waals surface area contributed by atoms with E-state index >= 15 is 0 Å². The molecule has 3 heterocycles. The van der Waals surface area contributed by atoms with Gasteiger partial charge in [0, 0.05) is 61.3 Å². The lowest BCUT2D eigenvalue weighted by Crippen LogP contribution is -2.36. The minimum atomic E-state index is -0.757. The van der Waals surface area contributed by atoms with Gasteiger partial charge < -0.3 is 35.0 Å². The van der Waals surface area contributed by atoms with Crippen LogP contribution in [0.2, 0.25) is 0 Å². The number of thiocarbonyl (C=S) groups is 3. The van der Waals surface area contributed by atoms with Crippen LogP contribution >= 0.6 is 95.5 Å². The molecule has 5 unspecified atom stereocenters. The van der Waals surface area contributed by atoms with Crippen molar-refractivity contribution in [3.8, 4) is 0 Å². The van der Waals surface area contributed by atoms with Crippen molar-refractivity contribution in [1.29, 1.82) is 0 Å². The Kier molecular flexibility index (Phi) is 41.0. The Hall–Kier alpha value is -4.06. The van der Waals surface area contributed by atoms with E-state index in [0.717, 1.165) is 70.0 Å². The van der Waals surface area contributed by atoms with Gasteiger partial charge in [0.25, 0.3) is 16.7 Å². The maximum Gasteiger partial charge on any atom is 0.346 e. The molecule has 0 aliphatic carbocycles. The van der Waals surface area contributed by atoms with Crippen molar-refractivity contribution in [2.45, 2.75) is 208 Å². The number of hydroxylamine groups is 2. The van der Waals surface area contributed by atoms with Crippen LogP contribution in [-0.4, -0.2) is 135 Å². The Morgan fingerprint density at radius 3 is 1.98 bits per heavy atom. The number of esters is 2. The molecule has 2 aromatic carbocycles. The number of hydrogen-bond acceptors (Lipinski definition) is 19. The molecule has 492 valence electrons. The molecular weight excluding hydrogens is 1280 g/mol. The number of amides is 5. The van der Waals surface area contributed by atoms with Crippen LogP contribution in [0, 0.1) is 6.57 Å². The third-order valence-corrected chi connectivity index (χ3v) is 21.7. The van der Waals surface area contributed by atoms with Gasteiger partial charge in [0.1, 0.15) is 15.4 Å². The molecule has 16 nitrogen and oxygen atoms in total. The molecule has 3 fully saturated rings. The van der Waals surface area contributed by atoms with Crippen molar-refractivity contribution in [3.63, 3.8) is 0 Å². The van der Waals surface area contributed by atoms with Crippen molar-refractivity contribution >= 4 is 149 Å². The van der Waals surface area contributed by atoms with Crippen LogP contribution in [0.3, 0.4) is 0 Å². The highest BCUT2D eigenvalue weighted by atomic mass is 32.2.